The average molecular weight is 514 g/mol. The molecule has 0 radical (unpaired) electrons. The van der Waals surface area contributed by atoms with Gasteiger partial charge >= 0.3 is 11.9 Å². The van der Waals surface area contributed by atoms with Crippen LogP contribution in [0.25, 0.3) is 0 Å². The van der Waals surface area contributed by atoms with Crippen LogP contribution < -0.4 is 0 Å². The second kappa shape index (κ2) is 11.9. The lowest BCUT2D eigenvalue weighted by Gasteiger charge is -2.36. The molecule has 34 heavy (non-hydrogen) atoms. The van der Waals surface area contributed by atoms with E-state index in [1.54, 1.807) is 0 Å². The Labute approximate surface area is 208 Å². The monoisotopic (exact) mass is 513 g/mol. The van der Waals surface area contributed by atoms with Crippen molar-refractivity contribution in [2.75, 3.05) is 19.7 Å². The average Bonchev–Trinajstić information content (AvgIpc) is 3.08. The third kappa shape index (κ3) is 6.73. The van der Waals surface area contributed by atoms with Gasteiger partial charge < -0.3 is 9.47 Å². The number of hydrogen-bond acceptors (Lipinski definition) is 6. The predicted octanol–water partition coefficient (Wildman–Crippen LogP) is 5.07. The molecule has 2 fully saturated rings. The highest BCUT2D eigenvalue weighted by atomic mass is 35.5. The summed E-state index contributed by atoms with van der Waals surface area (Å²) in [6.45, 7) is 6.73. The van der Waals surface area contributed by atoms with Crippen molar-refractivity contribution in [1.29, 1.82) is 0 Å². The Morgan fingerprint density at radius 3 is 2.44 bits per heavy atom. The van der Waals surface area contributed by atoms with Crippen molar-refractivity contribution in [1.82, 2.24) is 4.31 Å². The Hall–Kier alpha value is -1.64. The lowest BCUT2D eigenvalue weighted by atomic mass is 9.75. The standard InChI is InChI=1S/C25H36ClNO6S/c1-17(2)20-10-8-18(3)14-22(20)33-24(28)16-32-25(29)19-9-11-21(26)23(15-19)34(30,31)27-12-6-4-5-7-13-27/h9,11,15,17-18,20,22H,4-8,10,12-14,16H2,1-3H3. The second-order valence-electron chi connectivity index (χ2n) is 9.89. The van der Waals surface area contributed by atoms with Gasteiger partial charge in [0.1, 0.15) is 11.0 Å². The Bertz CT molecular complexity index is 972. The van der Waals surface area contributed by atoms with E-state index in [0.717, 1.165) is 44.9 Å². The molecular formula is C25H36ClNO6S. The van der Waals surface area contributed by atoms with E-state index >= 15 is 0 Å². The van der Waals surface area contributed by atoms with E-state index < -0.39 is 28.6 Å². The molecule has 190 valence electrons. The molecule has 0 bridgehead atoms. The summed E-state index contributed by atoms with van der Waals surface area (Å²) < 4.78 is 38.6. The van der Waals surface area contributed by atoms with Crippen molar-refractivity contribution in [3.05, 3.63) is 28.8 Å². The largest absolute Gasteiger partial charge is 0.460 e. The fraction of sp³-hybridized carbons (Fsp3) is 0.680. The lowest BCUT2D eigenvalue weighted by Crippen LogP contribution is -2.36. The Balaban J connectivity index is 1.64. The highest BCUT2D eigenvalue weighted by molar-refractivity contribution is 7.89. The van der Waals surface area contributed by atoms with Gasteiger partial charge in [-0.25, -0.2) is 18.0 Å². The van der Waals surface area contributed by atoms with E-state index in [9.17, 15) is 18.0 Å². The SMILES string of the molecule is CC1CCC(C(C)C)C(OC(=O)COC(=O)c2ccc(Cl)c(S(=O)(=O)N3CCCCCC3)c2)C1. The molecule has 0 N–H and O–H groups in total. The van der Waals surface area contributed by atoms with Crippen LogP contribution in [0.15, 0.2) is 23.1 Å². The topological polar surface area (TPSA) is 90.0 Å². The second-order valence-corrected chi connectivity index (χ2v) is 12.2. The molecule has 1 aromatic rings. The first kappa shape index (κ1) is 27.0. The molecular weight excluding hydrogens is 478 g/mol. The van der Waals surface area contributed by atoms with Crippen molar-refractivity contribution in [2.45, 2.75) is 76.7 Å². The summed E-state index contributed by atoms with van der Waals surface area (Å²) in [5, 5.41) is 0.0475. The van der Waals surface area contributed by atoms with E-state index in [-0.39, 0.29) is 21.6 Å². The summed E-state index contributed by atoms with van der Waals surface area (Å²) in [5.41, 5.74) is 0.0249. The minimum absolute atomic E-state index is 0.0249. The number of nitrogens with zero attached hydrogens (tertiary/aromatic N) is 1. The van der Waals surface area contributed by atoms with Crippen LogP contribution >= 0.6 is 11.6 Å². The molecule has 1 aliphatic heterocycles. The van der Waals surface area contributed by atoms with Gasteiger partial charge in [0.15, 0.2) is 6.61 Å². The lowest BCUT2D eigenvalue weighted by molar-refractivity contribution is -0.159. The van der Waals surface area contributed by atoms with Gasteiger partial charge in [0.25, 0.3) is 0 Å². The van der Waals surface area contributed by atoms with Crippen molar-refractivity contribution >= 4 is 33.6 Å². The third-order valence-corrected chi connectivity index (χ3v) is 9.30. The summed E-state index contributed by atoms with van der Waals surface area (Å²) >= 11 is 6.20. The molecule has 3 atom stereocenters. The molecule has 9 heteroatoms. The van der Waals surface area contributed by atoms with Crippen molar-refractivity contribution in [3.8, 4) is 0 Å². The highest BCUT2D eigenvalue weighted by Crippen LogP contribution is 2.35. The number of carbonyl (C=O) groups is 2. The van der Waals surface area contributed by atoms with Crippen LogP contribution in [0.4, 0.5) is 0 Å². The number of esters is 2. The summed E-state index contributed by atoms with van der Waals surface area (Å²) in [6, 6.07) is 4.00. The van der Waals surface area contributed by atoms with E-state index in [1.807, 2.05) is 0 Å². The zero-order valence-electron chi connectivity index (χ0n) is 20.3. The Kier molecular flexibility index (Phi) is 9.41. The molecule has 1 aromatic carbocycles. The molecule has 1 aliphatic carbocycles. The summed E-state index contributed by atoms with van der Waals surface area (Å²) in [7, 11) is -3.84. The molecule has 1 saturated heterocycles. The maximum Gasteiger partial charge on any atom is 0.344 e. The fourth-order valence-corrected chi connectivity index (χ4v) is 6.93. The minimum Gasteiger partial charge on any atom is -0.460 e. The number of ether oxygens (including phenoxy) is 2. The van der Waals surface area contributed by atoms with E-state index in [0.29, 0.717) is 30.8 Å². The van der Waals surface area contributed by atoms with Gasteiger partial charge in [-0.2, -0.15) is 4.31 Å². The van der Waals surface area contributed by atoms with Crippen LogP contribution in [0, 0.1) is 17.8 Å². The van der Waals surface area contributed by atoms with Crippen molar-refractivity contribution in [3.63, 3.8) is 0 Å². The van der Waals surface area contributed by atoms with Gasteiger partial charge in [0, 0.05) is 13.1 Å². The number of halogens is 1. The highest BCUT2D eigenvalue weighted by Gasteiger charge is 2.34. The van der Waals surface area contributed by atoms with Crippen LogP contribution in [0.2, 0.25) is 5.02 Å². The van der Waals surface area contributed by atoms with Gasteiger partial charge in [-0.05, 0) is 61.6 Å². The maximum absolute atomic E-state index is 13.2. The Morgan fingerprint density at radius 2 is 1.79 bits per heavy atom. The first-order valence-corrected chi connectivity index (χ1v) is 14.1. The van der Waals surface area contributed by atoms with E-state index in [1.165, 1.54) is 22.5 Å². The summed E-state index contributed by atoms with van der Waals surface area (Å²) in [6.07, 6.45) is 6.30. The van der Waals surface area contributed by atoms with Crippen LogP contribution in [0.3, 0.4) is 0 Å². The van der Waals surface area contributed by atoms with Crippen LogP contribution in [0.1, 0.15) is 76.1 Å². The molecule has 1 saturated carbocycles. The molecule has 3 unspecified atom stereocenters. The minimum atomic E-state index is -3.84. The van der Waals surface area contributed by atoms with Gasteiger partial charge in [-0.1, -0.05) is 51.6 Å². The van der Waals surface area contributed by atoms with Crippen LogP contribution in [-0.2, 0) is 24.3 Å². The molecule has 0 spiro atoms. The van der Waals surface area contributed by atoms with Gasteiger partial charge in [0.05, 0.1) is 10.6 Å². The molecule has 2 aliphatic rings. The molecule has 0 amide bonds. The number of hydrogen-bond donors (Lipinski definition) is 0. The molecule has 7 nitrogen and oxygen atoms in total. The smallest absolute Gasteiger partial charge is 0.344 e. The van der Waals surface area contributed by atoms with E-state index in [2.05, 4.69) is 20.8 Å². The normalized spacial score (nSPS) is 24.4. The number of carbonyl (C=O) groups excluding carboxylic acids is 2. The maximum atomic E-state index is 13.2. The Morgan fingerprint density at radius 1 is 1.12 bits per heavy atom. The van der Waals surface area contributed by atoms with Gasteiger partial charge in [0.2, 0.25) is 10.0 Å². The van der Waals surface area contributed by atoms with Gasteiger partial charge in [-0.15, -0.1) is 0 Å². The third-order valence-electron chi connectivity index (χ3n) is 6.92. The summed E-state index contributed by atoms with van der Waals surface area (Å²) in [5.74, 6) is -0.220. The van der Waals surface area contributed by atoms with Crippen molar-refractivity contribution in [2.24, 2.45) is 17.8 Å². The first-order chi connectivity index (χ1) is 16.1. The fourth-order valence-electron chi connectivity index (χ4n) is 4.91. The number of sulfonamides is 1. The van der Waals surface area contributed by atoms with Crippen molar-refractivity contribution < 1.29 is 27.5 Å². The molecule has 0 aromatic heterocycles. The predicted molar refractivity (Wildman–Crippen MR) is 130 cm³/mol. The summed E-state index contributed by atoms with van der Waals surface area (Å²) in [4.78, 5) is 24.9. The van der Waals surface area contributed by atoms with E-state index in [4.69, 9.17) is 21.1 Å². The van der Waals surface area contributed by atoms with Crippen LogP contribution in [-0.4, -0.2) is 50.5 Å². The zero-order chi connectivity index (χ0) is 24.9. The number of rotatable bonds is 7. The zero-order valence-corrected chi connectivity index (χ0v) is 21.9. The molecule has 3 rings (SSSR count). The van der Waals surface area contributed by atoms with Crippen LogP contribution in [0.5, 0.6) is 0 Å². The first-order valence-electron chi connectivity index (χ1n) is 12.3. The van der Waals surface area contributed by atoms with Gasteiger partial charge in [-0.3, -0.25) is 0 Å². The molecule has 1 heterocycles. The number of benzene rings is 1. The quantitative estimate of drug-likeness (QED) is 0.473.